The second-order valence-corrected chi connectivity index (χ2v) is 6.42. The van der Waals surface area contributed by atoms with Gasteiger partial charge in [0.25, 0.3) is 16.0 Å². The number of carbonyl (C=O) groups excluding carboxylic acids is 1. The fourth-order valence-corrected chi connectivity index (χ4v) is 2.68. The fraction of sp³-hybridized carbons (Fsp3) is 0.462. The van der Waals surface area contributed by atoms with Gasteiger partial charge in [0.1, 0.15) is 0 Å². The molecule has 1 unspecified atom stereocenters. The van der Waals surface area contributed by atoms with Crippen molar-refractivity contribution in [3.05, 3.63) is 35.4 Å². The van der Waals surface area contributed by atoms with Crippen molar-refractivity contribution >= 4 is 16.0 Å². The molecule has 104 valence electrons. The summed E-state index contributed by atoms with van der Waals surface area (Å²) in [7, 11) is -3.59. The summed E-state index contributed by atoms with van der Waals surface area (Å²) in [4.78, 5) is 13.6. The lowest BCUT2D eigenvalue weighted by atomic mass is 10.1. The van der Waals surface area contributed by atoms with Gasteiger partial charge < -0.3 is 4.90 Å². The van der Waals surface area contributed by atoms with Crippen LogP contribution >= 0.6 is 0 Å². The summed E-state index contributed by atoms with van der Waals surface area (Å²) in [6.45, 7) is 3.01. The Morgan fingerprint density at radius 1 is 1.32 bits per heavy atom. The van der Waals surface area contributed by atoms with E-state index in [4.69, 9.17) is 4.18 Å². The van der Waals surface area contributed by atoms with Crippen LogP contribution in [0.4, 0.5) is 0 Å². The van der Waals surface area contributed by atoms with Gasteiger partial charge in [-0.15, -0.1) is 0 Å². The molecular formula is C13H17NO4S. The Balaban J connectivity index is 2.00. The van der Waals surface area contributed by atoms with Crippen molar-refractivity contribution < 1.29 is 17.4 Å². The Labute approximate surface area is 113 Å². The van der Waals surface area contributed by atoms with Crippen molar-refractivity contribution in [2.24, 2.45) is 0 Å². The predicted octanol–water partition coefficient (Wildman–Crippen LogP) is 1.07. The normalized spacial score (nSPS) is 20.0. The molecule has 5 nitrogen and oxygen atoms in total. The van der Waals surface area contributed by atoms with Gasteiger partial charge in [0.05, 0.1) is 6.26 Å². The molecule has 1 saturated heterocycles. The largest absolute Gasteiger partial charge is 0.336 e. The molecule has 0 saturated carbocycles. The molecule has 1 aromatic carbocycles. The molecule has 19 heavy (non-hydrogen) atoms. The average molecular weight is 283 g/mol. The molecule has 1 atom stereocenters. The van der Waals surface area contributed by atoms with E-state index >= 15 is 0 Å². The first-order valence-electron chi connectivity index (χ1n) is 6.08. The van der Waals surface area contributed by atoms with Crippen molar-refractivity contribution in [2.75, 3.05) is 12.8 Å². The van der Waals surface area contributed by atoms with Gasteiger partial charge in [0.2, 0.25) is 0 Å². The molecule has 0 spiro atoms. The Bertz CT molecular complexity index is 565. The molecule has 1 heterocycles. The number of benzene rings is 1. The smallest absolute Gasteiger partial charge is 0.265 e. The number of hydrogen-bond acceptors (Lipinski definition) is 4. The number of carbonyl (C=O) groups is 1. The highest BCUT2D eigenvalue weighted by atomic mass is 32.2. The van der Waals surface area contributed by atoms with Crippen LogP contribution < -0.4 is 0 Å². The van der Waals surface area contributed by atoms with E-state index < -0.39 is 16.2 Å². The average Bonchev–Trinajstić information content (AvgIpc) is 2.63. The highest BCUT2D eigenvalue weighted by molar-refractivity contribution is 7.86. The van der Waals surface area contributed by atoms with Crippen molar-refractivity contribution in [2.45, 2.75) is 26.0 Å². The Morgan fingerprint density at radius 3 is 2.53 bits per heavy atom. The molecule has 0 N–H and O–H groups in total. The van der Waals surface area contributed by atoms with Crippen molar-refractivity contribution in [3.63, 3.8) is 0 Å². The van der Waals surface area contributed by atoms with E-state index in [2.05, 4.69) is 0 Å². The molecular weight excluding hydrogens is 266 g/mol. The van der Waals surface area contributed by atoms with Gasteiger partial charge in [-0.3, -0.25) is 8.98 Å². The third kappa shape index (κ3) is 3.78. The van der Waals surface area contributed by atoms with Gasteiger partial charge in [-0.25, -0.2) is 0 Å². The van der Waals surface area contributed by atoms with Gasteiger partial charge in [-0.05, 0) is 12.5 Å². The second-order valence-electron chi connectivity index (χ2n) is 4.82. The van der Waals surface area contributed by atoms with Crippen LogP contribution in [0.3, 0.4) is 0 Å². The van der Waals surface area contributed by atoms with Crippen LogP contribution in [0, 0.1) is 6.92 Å². The first kappa shape index (κ1) is 14.0. The minimum Gasteiger partial charge on any atom is -0.336 e. The topological polar surface area (TPSA) is 63.7 Å². The van der Waals surface area contributed by atoms with E-state index in [-0.39, 0.29) is 5.91 Å². The first-order valence-corrected chi connectivity index (χ1v) is 7.89. The minimum absolute atomic E-state index is 0.258. The maximum atomic E-state index is 12.0. The van der Waals surface area contributed by atoms with Gasteiger partial charge in [-0.1, -0.05) is 29.8 Å². The lowest BCUT2D eigenvalue weighted by Gasteiger charge is -2.16. The third-order valence-corrected chi connectivity index (χ3v) is 3.62. The number of hydrogen-bond donors (Lipinski definition) is 0. The summed E-state index contributed by atoms with van der Waals surface area (Å²) in [5.41, 5.74) is 2.19. The molecule has 1 aromatic rings. The molecule has 1 aliphatic heterocycles. The number of rotatable bonds is 4. The summed E-state index contributed by atoms with van der Waals surface area (Å²) in [6, 6.07) is 7.90. The van der Waals surface area contributed by atoms with Crippen molar-refractivity contribution in [1.29, 1.82) is 0 Å². The van der Waals surface area contributed by atoms with Crippen LogP contribution in [0.1, 0.15) is 17.5 Å². The Morgan fingerprint density at radius 2 is 1.95 bits per heavy atom. The standard InChI is InChI=1S/C13H17NO4S/c1-10-3-5-11(6-4-10)9-14-8-7-12(13(14)15)18-19(2,16)17/h3-6,12H,7-9H2,1-2H3. The summed E-state index contributed by atoms with van der Waals surface area (Å²) < 4.78 is 26.9. The third-order valence-electron chi connectivity index (χ3n) is 3.03. The molecule has 0 radical (unpaired) electrons. The lowest BCUT2D eigenvalue weighted by molar-refractivity contribution is -0.133. The number of aryl methyl sites for hydroxylation is 1. The summed E-state index contributed by atoms with van der Waals surface area (Å²) in [6.07, 6.45) is 0.515. The first-order chi connectivity index (χ1) is 8.85. The van der Waals surface area contributed by atoms with E-state index in [1.807, 2.05) is 31.2 Å². The van der Waals surface area contributed by atoms with Crippen LogP contribution in [0.25, 0.3) is 0 Å². The molecule has 0 aliphatic carbocycles. The highest BCUT2D eigenvalue weighted by Crippen LogP contribution is 2.19. The monoisotopic (exact) mass is 283 g/mol. The van der Waals surface area contributed by atoms with Gasteiger partial charge in [-0.2, -0.15) is 8.42 Å². The van der Waals surface area contributed by atoms with Crippen LogP contribution in [0.5, 0.6) is 0 Å². The van der Waals surface area contributed by atoms with Gasteiger partial charge >= 0.3 is 0 Å². The van der Waals surface area contributed by atoms with E-state index in [0.29, 0.717) is 19.5 Å². The van der Waals surface area contributed by atoms with Gasteiger partial charge in [0, 0.05) is 19.5 Å². The molecule has 2 rings (SSSR count). The quantitative estimate of drug-likeness (QED) is 0.775. The summed E-state index contributed by atoms with van der Waals surface area (Å²) in [5.74, 6) is -0.258. The van der Waals surface area contributed by atoms with E-state index in [1.54, 1.807) is 4.90 Å². The van der Waals surface area contributed by atoms with Crippen LogP contribution in [-0.4, -0.2) is 38.1 Å². The molecule has 1 amide bonds. The van der Waals surface area contributed by atoms with E-state index in [1.165, 1.54) is 0 Å². The Kier molecular flexibility index (Phi) is 3.91. The number of amides is 1. The lowest BCUT2D eigenvalue weighted by Crippen LogP contribution is -2.31. The molecule has 0 aromatic heterocycles. The predicted molar refractivity (Wildman–Crippen MR) is 70.9 cm³/mol. The van der Waals surface area contributed by atoms with Crippen molar-refractivity contribution in [3.8, 4) is 0 Å². The molecule has 6 heteroatoms. The summed E-state index contributed by atoms with van der Waals surface area (Å²) in [5, 5.41) is 0. The zero-order valence-electron chi connectivity index (χ0n) is 11.0. The minimum atomic E-state index is -3.59. The molecule has 1 fully saturated rings. The van der Waals surface area contributed by atoms with Crippen LogP contribution in [0.15, 0.2) is 24.3 Å². The second kappa shape index (κ2) is 5.30. The van der Waals surface area contributed by atoms with Gasteiger partial charge in [0.15, 0.2) is 6.10 Å². The molecule has 1 aliphatic rings. The van der Waals surface area contributed by atoms with Crippen LogP contribution in [-0.2, 0) is 25.6 Å². The summed E-state index contributed by atoms with van der Waals surface area (Å²) >= 11 is 0. The maximum Gasteiger partial charge on any atom is 0.265 e. The number of nitrogens with zero attached hydrogens (tertiary/aromatic N) is 1. The van der Waals surface area contributed by atoms with E-state index in [9.17, 15) is 13.2 Å². The fourth-order valence-electron chi connectivity index (χ4n) is 2.08. The Hall–Kier alpha value is -1.40. The number of likely N-dealkylation sites (tertiary alicyclic amines) is 1. The zero-order chi connectivity index (χ0) is 14.0. The van der Waals surface area contributed by atoms with Crippen molar-refractivity contribution in [1.82, 2.24) is 4.90 Å². The SMILES string of the molecule is Cc1ccc(CN2CCC(OS(C)(=O)=O)C2=O)cc1. The van der Waals surface area contributed by atoms with E-state index in [0.717, 1.165) is 17.4 Å². The highest BCUT2D eigenvalue weighted by Gasteiger charge is 2.34. The van der Waals surface area contributed by atoms with Crippen LogP contribution in [0.2, 0.25) is 0 Å². The zero-order valence-corrected chi connectivity index (χ0v) is 11.8. The maximum absolute atomic E-state index is 12.0. The molecule has 0 bridgehead atoms.